The van der Waals surface area contributed by atoms with Crippen molar-refractivity contribution in [2.24, 2.45) is 0 Å². The third kappa shape index (κ3) is 2.80. The fraction of sp³-hybridized carbons (Fsp3) is 0.200. The Kier molecular flexibility index (Phi) is 3.93. The smallest absolute Gasteiger partial charge is 0.123 e. The Bertz CT molecular complexity index is 490. The Hall–Kier alpha value is -1.78. The van der Waals surface area contributed by atoms with E-state index < -0.39 is 17.2 Å². The predicted molar refractivity (Wildman–Crippen MR) is 67.5 cm³/mol. The first-order valence-electron chi connectivity index (χ1n) is 5.91. The van der Waals surface area contributed by atoms with Gasteiger partial charge in [0.1, 0.15) is 17.2 Å². The summed E-state index contributed by atoms with van der Waals surface area (Å²) >= 11 is 0. The fourth-order valence-corrected chi connectivity index (χ4v) is 2.07. The summed E-state index contributed by atoms with van der Waals surface area (Å²) in [6.45, 7) is -0.245. The summed E-state index contributed by atoms with van der Waals surface area (Å²) in [4.78, 5) is 0. The van der Waals surface area contributed by atoms with E-state index in [9.17, 15) is 13.9 Å². The summed E-state index contributed by atoms with van der Waals surface area (Å²) in [6.07, 6.45) is 0.0459. The Balaban J connectivity index is 2.47. The lowest BCUT2D eigenvalue weighted by Gasteiger charge is -2.28. The van der Waals surface area contributed by atoms with Crippen LogP contribution in [-0.4, -0.2) is 16.8 Å². The minimum absolute atomic E-state index is 0.0459. The van der Waals surface area contributed by atoms with E-state index in [1.807, 2.05) is 0 Å². The molecule has 2 aromatic carbocycles. The summed E-state index contributed by atoms with van der Waals surface area (Å²) in [5.41, 5.74) is -0.556. The third-order valence-corrected chi connectivity index (χ3v) is 3.12. The summed E-state index contributed by atoms with van der Waals surface area (Å²) in [5, 5.41) is 19.9. The van der Waals surface area contributed by atoms with E-state index in [1.165, 1.54) is 48.5 Å². The van der Waals surface area contributed by atoms with Crippen molar-refractivity contribution < 1.29 is 19.0 Å². The van der Waals surface area contributed by atoms with Crippen LogP contribution in [-0.2, 0) is 5.60 Å². The molecule has 100 valence electrons. The minimum Gasteiger partial charge on any atom is -0.396 e. The summed E-state index contributed by atoms with van der Waals surface area (Å²) < 4.78 is 25.9. The maximum absolute atomic E-state index is 12.9. The van der Waals surface area contributed by atoms with Crippen LogP contribution >= 0.6 is 0 Å². The number of halogens is 2. The zero-order chi connectivity index (χ0) is 13.9. The van der Waals surface area contributed by atoms with Gasteiger partial charge in [-0.2, -0.15) is 0 Å². The van der Waals surface area contributed by atoms with E-state index in [4.69, 9.17) is 5.11 Å². The van der Waals surface area contributed by atoms with Gasteiger partial charge in [0.2, 0.25) is 0 Å². The second-order valence-electron chi connectivity index (χ2n) is 4.35. The lowest BCUT2D eigenvalue weighted by Crippen LogP contribution is -2.28. The molecule has 2 N–H and O–H groups in total. The van der Waals surface area contributed by atoms with Crippen molar-refractivity contribution in [2.45, 2.75) is 12.0 Å². The second kappa shape index (κ2) is 5.47. The normalized spacial score (nSPS) is 11.6. The number of hydrogen-bond donors (Lipinski definition) is 2. The predicted octanol–water partition coefficient (Wildman–Crippen LogP) is 2.58. The Labute approximate surface area is 110 Å². The quantitative estimate of drug-likeness (QED) is 0.891. The van der Waals surface area contributed by atoms with Gasteiger partial charge >= 0.3 is 0 Å². The van der Waals surface area contributed by atoms with E-state index in [-0.39, 0.29) is 13.0 Å². The molecule has 0 heterocycles. The minimum atomic E-state index is -1.46. The molecule has 2 rings (SSSR count). The van der Waals surface area contributed by atoms with Crippen molar-refractivity contribution in [2.75, 3.05) is 6.61 Å². The number of hydrogen-bond acceptors (Lipinski definition) is 2. The first-order valence-corrected chi connectivity index (χ1v) is 5.91. The Morgan fingerprint density at radius 1 is 0.789 bits per heavy atom. The van der Waals surface area contributed by atoms with E-state index >= 15 is 0 Å². The van der Waals surface area contributed by atoms with Crippen molar-refractivity contribution in [3.8, 4) is 0 Å². The molecule has 0 atom stereocenters. The maximum atomic E-state index is 12.9. The number of aliphatic hydroxyl groups is 2. The molecule has 0 spiro atoms. The maximum Gasteiger partial charge on any atom is 0.123 e. The highest BCUT2D eigenvalue weighted by Crippen LogP contribution is 2.32. The molecule has 2 nitrogen and oxygen atoms in total. The van der Waals surface area contributed by atoms with E-state index in [0.29, 0.717) is 11.1 Å². The van der Waals surface area contributed by atoms with Crippen LogP contribution in [0.4, 0.5) is 8.78 Å². The van der Waals surface area contributed by atoms with Gasteiger partial charge in [0.15, 0.2) is 0 Å². The number of aliphatic hydroxyl groups excluding tert-OH is 1. The molecule has 0 aliphatic carbocycles. The molecule has 0 aromatic heterocycles. The van der Waals surface area contributed by atoms with Crippen LogP contribution in [0.25, 0.3) is 0 Å². The van der Waals surface area contributed by atoms with E-state index in [0.717, 1.165) is 0 Å². The van der Waals surface area contributed by atoms with E-state index in [2.05, 4.69) is 0 Å². The summed E-state index contributed by atoms with van der Waals surface area (Å²) in [6, 6.07) is 10.8. The van der Waals surface area contributed by atoms with Crippen molar-refractivity contribution in [1.82, 2.24) is 0 Å². The van der Waals surface area contributed by atoms with Gasteiger partial charge < -0.3 is 10.2 Å². The van der Waals surface area contributed by atoms with Crippen LogP contribution < -0.4 is 0 Å². The highest BCUT2D eigenvalue weighted by Gasteiger charge is 2.30. The number of rotatable bonds is 4. The van der Waals surface area contributed by atoms with Crippen molar-refractivity contribution in [1.29, 1.82) is 0 Å². The van der Waals surface area contributed by atoms with Gasteiger partial charge in [-0.05, 0) is 35.4 Å². The van der Waals surface area contributed by atoms with Crippen LogP contribution in [0.2, 0.25) is 0 Å². The molecule has 0 aliphatic heterocycles. The van der Waals surface area contributed by atoms with Crippen LogP contribution in [0.5, 0.6) is 0 Å². The molecule has 0 bridgehead atoms. The van der Waals surface area contributed by atoms with Gasteiger partial charge in [-0.1, -0.05) is 24.3 Å². The lowest BCUT2D eigenvalue weighted by atomic mass is 9.84. The molecular weight excluding hydrogens is 250 g/mol. The zero-order valence-corrected chi connectivity index (χ0v) is 10.2. The van der Waals surface area contributed by atoms with Crippen molar-refractivity contribution in [3.63, 3.8) is 0 Å². The average molecular weight is 264 g/mol. The molecule has 0 fully saturated rings. The topological polar surface area (TPSA) is 40.5 Å². The molecule has 0 radical (unpaired) electrons. The van der Waals surface area contributed by atoms with E-state index in [1.54, 1.807) is 0 Å². The van der Waals surface area contributed by atoms with Gasteiger partial charge in [0.25, 0.3) is 0 Å². The zero-order valence-electron chi connectivity index (χ0n) is 10.2. The number of benzene rings is 2. The largest absolute Gasteiger partial charge is 0.396 e. The monoisotopic (exact) mass is 264 g/mol. The molecule has 0 saturated heterocycles. The lowest BCUT2D eigenvalue weighted by molar-refractivity contribution is 0.0508. The molecule has 0 unspecified atom stereocenters. The van der Waals surface area contributed by atoms with Crippen LogP contribution in [0, 0.1) is 11.6 Å². The summed E-state index contributed by atoms with van der Waals surface area (Å²) in [5.74, 6) is -0.816. The summed E-state index contributed by atoms with van der Waals surface area (Å²) in [7, 11) is 0. The van der Waals surface area contributed by atoms with Gasteiger partial charge in [-0.3, -0.25) is 0 Å². The van der Waals surface area contributed by atoms with Gasteiger partial charge in [-0.25, -0.2) is 8.78 Å². The highest BCUT2D eigenvalue weighted by molar-refractivity contribution is 5.36. The molecule has 0 aliphatic rings. The molecule has 0 amide bonds. The van der Waals surface area contributed by atoms with Gasteiger partial charge in [-0.15, -0.1) is 0 Å². The SMILES string of the molecule is OCCC(O)(c1ccc(F)cc1)c1ccc(F)cc1. The van der Waals surface area contributed by atoms with Gasteiger partial charge in [0.05, 0.1) is 0 Å². The molecular formula is C15H14F2O2. The average Bonchev–Trinajstić information content (AvgIpc) is 2.40. The first kappa shape index (κ1) is 13.6. The Morgan fingerprint density at radius 2 is 1.16 bits per heavy atom. The molecule has 0 saturated carbocycles. The Morgan fingerprint density at radius 3 is 1.47 bits per heavy atom. The fourth-order valence-electron chi connectivity index (χ4n) is 2.07. The van der Waals surface area contributed by atoms with Crippen LogP contribution in [0.3, 0.4) is 0 Å². The third-order valence-electron chi connectivity index (χ3n) is 3.12. The molecule has 2 aromatic rings. The van der Waals surface area contributed by atoms with Crippen LogP contribution in [0.15, 0.2) is 48.5 Å². The van der Waals surface area contributed by atoms with Crippen molar-refractivity contribution >= 4 is 0 Å². The van der Waals surface area contributed by atoms with Gasteiger partial charge in [0, 0.05) is 13.0 Å². The first-order chi connectivity index (χ1) is 9.06. The van der Waals surface area contributed by atoms with Crippen LogP contribution in [0.1, 0.15) is 17.5 Å². The standard InChI is InChI=1S/C15H14F2O2/c16-13-5-1-11(2-6-13)15(19,9-10-18)12-3-7-14(17)8-4-12/h1-8,18-19H,9-10H2. The second-order valence-corrected chi connectivity index (χ2v) is 4.35. The highest BCUT2D eigenvalue weighted by atomic mass is 19.1. The molecule has 4 heteroatoms. The molecule has 19 heavy (non-hydrogen) atoms. The van der Waals surface area contributed by atoms with Crippen molar-refractivity contribution in [3.05, 3.63) is 71.3 Å².